The van der Waals surface area contributed by atoms with E-state index in [0.29, 0.717) is 5.82 Å². The van der Waals surface area contributed by atoms with Gasteiger partial charge in [0.1, 0.15) is 12.1 Å². The third kappa shape index (κ3) is 2.84. The normalized spacial score (nSPS) is 10.1. The molecule has 0 aliphatic carbocycles. The van der Waals surface area contributed by atoms with E-state index in [0.717, 1.165) is 15.7 Å². The van der Waals surface area contributed by atoms with Gasteiger partial charge in [-0.3, -0.25) is 0 Å². The van der Waals surface area contributed by atoms with Gasteiger partial charge in [0, 0.05) is 16.2 Å². The molecule has 1 aromatic heterocycles. The summed E-state index contributed by atoms with van der Waals surface area (Å²) >= 11 is 3.41. The maximum atomic E-state index is 10.8. The van der Waals surface area contributed by atoms with Crippen LogP contribution in [-0.2, 0) is 0 Å². The number of aromatic nitrogens is 2. The van der Waals surface area contributed by atoms with Crippen LogP contribution >= 0.6 is 15.9 Å². The molecule has 18 heavy (non-hydrogen) atoms. The Bertz CT molecular complexity index is 602. The Labute approximate surface area is 112 Å². The van der Waals surface area contributed by atoms with E-state index in [-0.39, 0.29) is 5.69 Å². The quantitative estimate of drug-likeness (QED) is 0.911. The van der Waals surface area contributed by atoms with Crippen molar-refractivity contribution in [3.63, 3.8) is 0 Å². The van der Waals surface area contributed by atoms with E-state index in [4.69, 9.17) is 5.11 Å². The standard InChI is InChI=1S/C12H10BrN3O2/c1-7-4-8(2-3-9(7)13)16-11-5-10(12(17)18)14-6-15-11/h2-6H,1H3,(H,17,18)(H,14,15,16). The molecule has 0 aliphatic rings. The number of carboxylic acids is 1. The van der Waals surface area contributed by atoms with Gasteiger partial charge in [0.05, 0.1) is 0 Å². The molecular formula is C12H10BrN3O2. The summed E-state index contributed by atoms with van der Waals surface area (Å²) in [5.74, 6) is -0.628. The van der Waals surface area contributed by atoms with Gasteiger partial charge in [-0.15, -0.1) is 0 Å². The van der Waals surface area contributed by atoms with E-state index in [1.807, 2.05) is 25.1 Å². The average Bonchev–Trinajstić information content (AvgIpc) is 2.34. The number of hydrogen-bond acceptors (Lipinski definition) is 4. The van der Waals surface area contributed by atoms with E-state index >= 15 is 0 Å². The fourth-order valence-corrected chi connectivity index (χ4v) is 1.66. The Morgan fingerprint density at radius 1 is 1.33 bits per heavy atom. The second kappa shape index (κ2) is 5.14. The SMILES string of the molecule is Cc1cc(Nc2cc(C(=O)O)ncn2)ccc1Br. The fraction of sp³-hybridized carbons (Fsp3) is 0.0833. The molecule has 0 atom stereocenters. The zero-order valence-electron chi connectivity index (χ0n) is 9.51. The highest BCUT2D eigenvalue weighted by molar-refractivity contribution is 9.10. The highest BCUT2D eigenvalue weighted by atomic mass is 79.9. The average molecular weight is 308 g/mol. The molecule has 0 unspecified atom stereocenters. The van der Waals surface area contributed by atoms with Crippen molar-refractivity contribution in [2.24, 2.45) is 0 Å². The van der Waals surface area contributed by atoms with Crippen molar-refractivity contribution in [1.29, 1.82) is 0 Å². The molecule has 0 saturated carbocycles. The lowest BCUT2D eigenvalue weighted by Gasteiger charge is -2.07. The number of hydrogen-bond donors (Lipinski definition) is 2. The Balaban J connectivity index is 2.25. The van der Waals surface area contributed by atoms with Crippen molar-refractivity contribution < 1.29 is 9.90 Å². The number of halogens is 1. The number of nitrogens with one attached hydrogen (secondary N) is 1. The summed E-state index contributed by atoms with van der Waals surface area (Å²) < 4.78 is 1.02. The van der Waals surface area contributed by atoms with Gasteiger partial charge < -0.3 is 10.4 Å². The van der Waals surface area contributed by atoms with Crippen LogP contribution < -0.4 is 5.32 Å². The Hall–Kier alpha value is -1.95. The molecule has 1 aromatic carbocycles. The van der Waals surface area contributed by atoms with Crippen molar-refractivity contribution in [2.45, 2.75) is 6.92 Å². The molecule has 0 radical (unpaired) electrons. The number of rotatable bonds is 3. The molecular weight excluding hydrogens is 298 g/mol. The Kier molecular flexibility index (Phi) is 3.57. The molecule has 92 valence electrons. The highest BCUT2D eigenvalue weighted by Crippen LogP contribution is 2.22. The molecule has 1 heterocycles. The molecule has 0 spiro atoms. The largest absolute Gasteiger partial charge is 0.477 e. The van der Waals surface area contributed by atoms with E-state index in [1.165, 1.54) is 12.4 Å². The molecule has 0 saturated heterocycles. The van der Waals surface area contributed by atoms with Gasteiger partial charge in [-0.2, -0.15) is 0 Å². The van der Waals surface area contributed by atoms with Gasteiger partial charge in [-0.05, 0) is 30.7 Å². The molecule has 0 bridgehead atoms. The highest BCUT2D eigenvalue weighted by Gasteiger charge is 2.06. The van der Waals surface area contributed by atoms with Gasteiger partial charge in [0.25, 0.3) is 0 Å². The first-order valence-electron chi connectivity index (χ1n) is 5.15. The second-order valence-electron chi connectivity index (χ2n) is 3.68. The maximum absolute atomic E-state index is 10.8. The van der Waals surface area contributed by atoms with Gasteiger partial charge in [0.15, 0.2) is 5.69 Å². The molecule has 2 N–H and O–H groups in total. The fourth-order valence-electron chi connectivity index (χ4n) is 1.41. The topological polar surface area (TPSA) is 75.1 Å². The van der Waals surface area contributed by atoms with Gasteiger partial charge in [-0.1, -0.05) is 15.9 Å². The molecule has 6 heteroatoms. The minimum atomic E-state index is -1.08. The first-order valence-corrected chi connectivity index (χ1v) is 5.94. The number of carboxylic acid groups (broad SMARTS) is 1. The molecule has 0 fully saturated rings. The monoisotopic (exact) mass is 307 g/mol. The van der Waals surface area contributed by atoms with Crippen molar-refractivity contribution in [1.82, 2.24) is 9.97 Å². The van der Waals surface area contributed by atoms with E-state index in [1.54, 1.807) is 0 Å². The number of nitrogens with zero attached hydrogens (tertiary/aromatic N) is 2. The van der Waals surface area contributed by atoms with Gasteiger partial charge in [-0.25, -0.2) is 14.8 Å². The number of aryl methyl sites for hydroxylation is 1. The number of aromatic carboxylic acids is 1. The number of benzene rings is 1. The molecule has 0 aliphatic heterocycles. The molecule has 5 nitrogen and oxygen atoms in total. The third-order valence-electron chi connectivity index (χ3n) is 2.32. The lowest BCUT2D eigenvalue weighted by atomic mass is 10.2. The predicted molar refractivity (Wildman–Crippen MR) is 71.2 cm³/mol. The smallest absolute Gasteiger partial charge is 0.354 e. The van der Waals surface area contributed by atoms with Crippen LogP contribution in [0.3, 0.4) is 0 Å². The van der Waals surface area contributed by atoms with Crippen LogP contribution in [-0.4, -0.2) is 21.0 Å². The Morgan fingerprint density at radius 3 is 2.78 bits per heavy atom. The molecule has 0 amide bonds. The summed E-state index contributed by atoms with van der Waals surface area (Å²) in [6.07, 6.45) is 1.22. The zero-order chi connectivity index (χ0) is 13.1. The van der Waals surface area contributed by atoms with Crippen molar-refractivity contribution in [2.75, 3.05) is 5.32 Å². The van der Waals surface area contributed by atoms with Crippen molar-refractivity contribution in [3.8, 4) is 0 Å². The zero-order valence-corrected chi connectivity index (χ0v) is 11.1. The minimum Gasteiger partial charge on any atom is -0.477 e. The lowest BCUT2D eigenvalue weighted by Crippen LogP contribution is -2.03. The summed E-state index contributed by atoms with van der Waals surface area (Å²) in [6.45, 7) is 1.97. The second-order valence-corrected chi connectivity index (χ2v) is 4.54. The molecule has 2 rings (SSSR count). The van der Waals surface area contributed by atoms with Gasteiger partial charge >= 0.3 is 5.97 Å². The first kappa shape index (κ1) is 12.5. The summed E-state index contributed by atoms with van der Waals surface area (Å²) in [5.41, 5.74) is 1.87. The number of anilines is 2. The summed E-state index contributed by atoms with van der Waals surface area (Å²) in [7, 11) is 0. The summed E-state index contributed by atoms with van der Waals surface area (Å²) in [4.78, 5) is 18.4. The van der Waals surface area contributed by atoms with E-state index in [9.17, 15) is 4.79 Å². The third-order valence-corrected chi connectivity index (χ3v) is 3.21. The van der Waals surface area contributed by atoms with Crippen molar-refractivity contribution >= 4 is 33.4 Å². The van der Waals surface area contributed by atoms with Crippen LogP contribution in [0.25, 0.3) is 0 Å². The van der Waals surface area contributed by atoms with Gasteiger partial charge in [0.2, 0.25) is 0 Å². The van der Waals surface area contributed by atoms with Crippen LogP contribution in [0.4, 0.5) is 11.5 Å². The minimum absolute atomic E-state index is 0.0404. The first-order chi connectivity index (χ1) is 8.56. The van der Waals surface area contributed by atoms with Crippen LogP contribution in [0.2, 0.25) is 0 Å². The van der Waals surface area contributed by atoms with E-state index < -0.39 is 5.97 Å². The van der Waals surface area contributed by atoms with E-state index in [2.05, 4.69) is 31.2 Å². The summed E-state index contributed by atoms with van der Waals surface area (Å²) in [6, 6.07) is 7.11. The molecule has 2 aromatic rings. The maximum Gasteiger partial charge on any atom is 0.354 e. The Morgan fingerprint density at radius 2 is 2.11 bits per heavy atom. The van der Waals surface area contributed by atoms with Crippen molar-refractivity contribution in [3.05, 3.63) is 46.3 Å². The predicted octanol–water partition coefficient (Wildman–Crippen LogP) is 2.99. The van der Waals surface area contributed by atoms with Crippen LogP contribution in [0.15, 0.2) is 35.1 Å². The van der Waals surface area contributed by atoms with Crippen LogP contribution in [0.1, 0.15) is 16.1 Å². The number of carbonyl (C=O) groups is 1. The summed E-state index contributed by atoms with van der Waals surface area (Å²) in [5, 5.41) is 11.9. The van der Waals surface area contributed by atoms with Crippen LogP contribution in [0, 0.1) is 6.92 Å². The lowest BCUT2D eigenvalue weighted by molar-refractivity contribution is 0.0690. The van der Waals surface area contributed by atoms with Crippen LogP contribution in [0.5, 0.6) is 0 Å².